The molecule has 2 aliphatic rings. The maximum Gasteiger partial charge on any atom is 0.304 e. The lowest BCUT2D eigenvalue weighted by molar-refractivity contribution is -0.141. The van der Waals surface area contributed by atoms with Gasteiger partial charge in [0, 0.05) is 31.7 Å². The monoisotopic (exact) mass is 346 g/mol. The lowest BCUT2D eigenvalue weighted by Gasteiger charge is -2.33. The van der Waals surface area contributed by atoms with E-state index in [1.54, 1.807) is 24.3 Å². The molecule has 1 saturated heterocycles. The SMILES string of the molecule is O=C(O)CC1C(=O)N(CCCN2CCOCC2)C(=O)c2ccccc21. The average Bonchev–Trinajstić information content (AvgIpc) is 2.62. The number of carbonyl (C=O) groups is 3. The number of aliphatic carboxylic acids is 1. The third-order valence-corrected chi connectivity index (χ3v) is 4.71. The van der Waals surface area contributed by atoms with Crippen LogP contribution in [0.2, 0.25) is 0 Å². The number of benzene rings is 1. The van der Waals surface area contributed by atoms with Gasteiger partial charge in [0.05, 0.1) is 25.6 Å². The third-order valence-electron chi connectivity index (χ3n) is 4.71. The molecule has 0 aliphatic carbocycles. The van der Waals surface area contributed by atoms with Crippen LogP contribution in [-0.2, 0) is 14.3 Å². The predicted molar refractivity (Wildman–Crippen MR) is 89.4 cm³/mol. The highest BCUT2D eigenvalue weighted by molar-refractivity contribution is 6.12. The van der Waals surface area contributed by atoms with Crippen LogP contribution in [0.25, 0.3) is 0 Å². The van der Waals surface area contributed by atoms with E-state index in [0.717, 1.165) is 19.6 Å². The number of hydrogen-bond donors (Lipinski definition) is 1. The summed E-state index contributed by atoms with van der Waals surface area (Å²) >= 11 is 0. The maximum absolute atomic E-state index is 12.7. The van der Waals surface area contributed by atoms with E-state index >= 15 is 0 Å². The van der Waals surface area contributed by atoms with Crippen LogP contribution in [0.1, 0.15) is 34.7 Å². The Morgan fingerprint density at radius 2 is 1.88 bits per heavy atom. The number of carboxylic acids is 1. The molecule has 0 radical (unpaired) electrons. The van der Waals surface area contributed by atoms with E-state index in [1.807, 2.05) is 0 Å². The smallest absolute Gasteiger partial charge is 0.304 e. The van der Waals surface area contributed by atoms with E-state index in [1.165, 1.54) is 4.90 Å². The Kier molecular flexibility index (Phi) is 5.45. The summed E-state index contributed by atoms with van der Waals surface area (Å²) in [5, 5.41) is 9.13. The first-order valence-electron chi connectivity index (χ1n) is 8.54. The minimum absolute atomic E-state index is 0.302. The second-order valence-electron chi connectivity index (χ2n) is 6.34. The van der Waals surface area contributed by atoms with Gasteiger partial charge < -0.3 is 9.84 Å². The van der Waals surface area contributed by atoms with E-state index < -0.39 is 17.8 Å². The van der Waals surface area contributed by atoms with Crippen molar-refractivity contribution in [2.24, 2.45) is 0 Å². The highest BCUT2D eigenvalue weighted by Gasteiger charge is 2.39. The average molecular weight is 346 g/mol. The van der Waals surface area contributed by atoms with E-state index in [4.69, 9.17) is 9.84 Å². The van der Waals surface area contributed by atoms with E-state index in [-0.39, 0.29) is 12.3 Å². The Hall–Kier alpha value is -2.25. The summed E-state index contributed by atoms with van der Waals surface area (Å²) in [5.41, 5.74) is 0.948. The number of rotatable bonds is 6. The molecule has 1 aromatic rings. The lowest BCUT2D eigenvalue weighted by atomic mass is 9.86. The molecule has 1 N–H and O–H groups in total. The fraction of sp³-hybridized carbons (Fsp3) is 0.500. The number of nitrogens with zero attached hydrogens (tertiary/aromatic N) is 2. The van der Waals surface area contributed by atoms with Crippen molar-refractivity contribution in [2.45, 2.75) is 18.8 Å². The van der Waals surface area contributed by atoms with Gasteiger partial charge >= 0.3 is 5.97 Å². The fourth-order valence-corrected chi connectivity index (χ4v) is 3.42. The Labute approximate surface area is 146 Å². The topological polar surface area (TPSA) is 87.2 Å². The largest absolute Gasteiger partial charge is 0.481 e. The number of imide groups is 1. The molecule has 7 nitrogen and oxygen atoms in total. The Morgan fingerprint density at radius 3 is 2.60 bits per heavy atom. The standard InChI is InChI=1S/C18H22N2O5/c21-16(22)12-15-13-4-1-2-5-14(13)17(23)20(18(15)24)7-3-6-19-8-10-25-11-9-19/h1-2,4-5,15H,3,6-12H2,(H,21,22). The molecular formula is C18H22N2O5. The molecule has 1 unspecified atom stereocenters. The van der Waals surface area contributed by atoms with Gasteiger partial charge in [0.25, 0.3) is 5.91 Å². The normalized spacial score (nSPS) is 21.3. The van der Waals surface area contributed by atoms with Crippen molar-refractivity contribution in [2.75, 3.05) is 39.4 Å². The second kappa shape index (κ2) is 7.76. The predicted octanol–water partition coefficient (Wildman–Crippen LogP) is 0.950. The summed E-state index contributed by atoms with van der Waals surface area (Å²) < 4.78 is 5.30. The van der Waals surface area contributed by atoms with E-state index in [0.29, 0.717) is 37.3 Å². The van der Waals surface area contributed by atoms with Gasteiger partial charge in [0.15, 0.2) is 0 Å². The number of carboxylic acid groups (broad SMARTS) is 1. The minimum atomic E-state index is -1.05. The van der Waals surface area contributed by atoms with Gasteiger partial charge in [-0.1, -0.05) is 18.2 Å². The first-order valence-corrected chi connectivity index (χ1v) is 8.54. The Bertz CT molecular complexity index is 669. The quantitative estimate of drug-likeness (QED) is 0.772. The summed E-state index contributed by atoms with van der Waals surface area (Å²) in [6.07, 6.45) is 0.364. The molecule has 7 heteroatoms. The van der Waals surface area contributed by atoms with Crippen molar-refractivity contribution in [1.82, 2.24) is 9.80 Å². The van der Waals surface area contributed by atoms with Crippen LogP contribution in [-0.4, -0.2) is 72.1 Å². The highest BCUT2D eigenvalue weighted by atomic mass is 16.5. The van der Waals surface area contributed by atoms with Gasteiger partial charge in [-0.2, -0.15) is 0 Å². The van der Waals surface area contributed by atoms with Crippen LogP contribution < -0.4 is 0 Å². The lowest BCUT2D eigenvalue weighted by Crippen LogP contribution is -2.46. The molecule has 3 rings (SSSR count). The summed E-state index contributed by atoms with van der Waals surface area (Å²) in [6, 6.07) is 6.79. The zero-order valence-electron chi connectivity index (χ0n) is 14.0. The number of morpholine rings is 1. The number of hydrogen-bond acceptors (Lipinski definition) is 5. The van der Waals surface area contributed by atoms with Crippen molar-refractivity contribution in [3.63, 3.8) is 0 Å². The Morgan fingerprint density at radius 1 is 1.16 bits per heavy atom. The van der Waals surface area contributed by atoms with Crippen molar-refractivity contribution >= 4 is 17.8 Å². The zero-order chi connectivity index (χ0) is 17.8. The van der Waals surface area contributed by atoms with Crippen LogP contribution in [0.5, 0.6) is 0 Å². The highest BCUT2D eigenvalue weighted by Crippen LogP contribution is 2.31. The molecular weight excluding hydrogens is 324 g/mol. The van der Waals surface area contributed by atoms with Crippen LogP contribution in [0.4, 0.5) is 0 Å². The third kappa shape index (κ3) is 3.88. The van der Waals surface area contributed by atoms with Gasteiger partial charge in [0.1, 0.15) is 0 Å². The van der Waals surface area contributed by atoms with Gasteiger partial charge in [0.2, 0.25) is 5.91 Å². The van der Waals surface area contributed by atoms with Crippen LogP contribution in [0.15, 0.2) is 24.3 Å². The first kappa shape index (κ1) is 17.6. The van der Waals surface area contributed by atoms with Crippen molar-refractivity contribution in [3.05, 3.63) is 35.4 Å². The first-order chi connectivity index (χ1) is 12.1. The molecule has 2 aliphatic heterocycles. The number of amides is 2. The molecule has 2 amide bonds. The number of carbonyl (C=O) groups excluding carboxylic acids is 2. The molecule has 0 bridgehead atoms. The molecule has 134 valence electrons. The molecule has 25 heavy (non-hydrogen) atoms. The van der Waals surface area contributed by atoms with Crippen LogP contribution in [0, 0.1) is 0 Å². The molecule has 1 fully saturated rings. The Balaban J connectivity index is 1.71. The zero-order valence-corrected chi connectivity index (χ0v) is 14.0. The summed E-state index contributed by atoms with van der Waals surface area (Å²) in [7, 11) is 0. The van der Waals surface area contributed by atoms with Crippen molar-refractivity contribution < 1.29 is 24.2 Å². The molecule has 1 atom stereocenters. The molecule has 0 aromatic heterocycles. The van der Waals surface area contributed by atoms with Gasteiger partial charge in [-0.05, 0) is 18.1 Å². The summed E-state index contributed by atoms with van der Waals surface area (Å²) in [5.74, 6) is -2.58. The van der Waals surface area contributed by atoms with E-state index in [9.17, 15) is 14.4 Å². The number of ether oxygens (including phenoxy) is 1. The molecule has 0 spiro atoms. The molecule has 1 aromatic carbocycles. The van der Waals surface area contributed by atoms with Crippen molar-refractivity contribution in [1.29, 1.82) is 0 Å². The van der Waals surface area contributed by atoms with Gasteiger partial charge in [-0.3, -0.25) is 24.2 Å². The second-order valence-corrected chi connectivity index (χ2v) is 6.34. The number of fused-ring (bicyclic) bond motifs is 1. The molecule has 0 saturated carbocycles. The van der Waals surface area contributed by atoms with Gasteiger partial charge in [-0.15, -0.1) is 0 Å². The maximum atomic E-state index is 12.7. The van der Waals surface area contributed by atoms with Crippen LogP contribution >= 0.6 is 0 Å². The van der Waals surface area contributed by atoms with Crippen molar-refractivity contribution in [3.8, 4) is 0 Å². The molecule has 2 heterocycles. The van der Waals surface area contributed by atoms with Gasteiger partial charge in [-0.25, -0.2) is 0 Å². The summed E-state index contributed by atoms with van der Waals surface area (Å²) in [4.78, 5) is 40.0. The minimum Gasteiger partial charge on any atom is -0.481 e. The van der Waals surface area contributed by atoms with E-state index in [2.05, 4.69) is 4.90 Å². The fourth-order valence-electron chi connectivity index (χ4n) is 3.42. The van der Waals surface area contributed by atoms with Crippen LogP contribution in [0.3, 0.4) is 0 Å². The summed E-state index contributed by atoms with van der Waals surface area (Å²) in [6.45, 7) is 4.20.